The fraction of sp³-hybridized carbons (Fsp3) is 0.400. The van der Waals surface area contributed by atoms with Crippen LogP contribution in [0.5, 0.6) is 0 Å². The van der Waals surface area contributed by atoms with E-state index >= 15 is 0 Å². The van der Waals surface area contributed by atoms with E-state index in [0.717, 1.165) is 24.9 Å². The summed E-state index contributed by atoms with van der Waals surface area (Å²) in [6.07, 6.45) is 6.08. The molecule has 2 aliphatic rings. The quantitative estimate of drug-likeness (QED) is 0.850. The summed E-state index contributed by atoms with van der Waals surface area (Å²) in [4.78, 5) is 37.4. The molecule has 1 atom stereocenters. The van der Waals surface area contributed by atoms with Gasteiger partial charge in [-0.1, -0.05) is 29.8 Å². The second-order valence-corrected chi connectivity index (χ2v) is 7.31. The van der Waals surface area contributed by atoms with E-state index in [4.69, 9.17) is 0 Å². The Balaban J connectivity index is 1.45. The first-order valence-electron chi connectivity index (χ1n) is 8.98. The van der Waals surface area contributed by atoms with Crippen LogP contribution in [0.25, 0.3) is 0 Å². The molecule has 4 rings (SSSR count). The molecule has 3 heterocycles. The Morgan fingerprint density at radius 1 is 1.23 bits per heavy atom. The summed E-state index contributed by atoms with van der Waals surface area (Å²) >= 11 is 0. The maximum Gasteiger partial charge on any atom is 0.274 e. The van der Waals surface area contributed by atoms with E-state index in [0.29, 0.717) is 25.3 Å². The molecule has 2 saturated heterocycles. The molecular formula is C20H22N4O2. The van der Waals surface area contributed by atoms with Gasteiger partial charge in [-0.15, -0.1) is 0 Å². The molecule has 1 spiro atoms. The second kappa shape index (κ2) is 6.52. The molecule has 2 fully saturated rings. The number of aromatic nitrogens is 2. The van der Waals surface area contributed by atoms with E-state index in [1.54, 1.807) is 11.1 Å². The summed E-state index contributed by atoms with van der Waals surface area (Å²) in [5, 5.41) is 0. The van der Waals surface area contributed by atoms with Crippen LogP contribution in [0.1, 0.15) is 34.5 Å². The minimum absolute atomic E-state index is 0.139. The van der Waals surface area contributed by atoms with E-state index in [1.165, 1.54) is 18.0 Å². The van der Waals surface area contributed by atoms with Crippen molar-refractivity contribution in [2.45, 2.75) is 26.3 Å². The molecule has 0 radical (unpaired) electrons. The highest BCUT2D eigenvalue weighted by Gasteiger charge is 2.51. The monoisotopic (exact) mass is 350 g/mol. The molecule has 1 aromatic carbocycles. The number of aryl methyl sites for hydroxylation is 1. The van der Waals surface area contributed by atoms with E-state index in [2.05, 4.69) is 35.1 Å². The van der Waals surface area contributed by atoms with Crippen LogP contribution in [0.3, 0.4) is 0 Å². The van der Waals surface area contributed by atoms with Gasteiger partial charge in [0.2, 0.25) is 5.91 Å². The Morgan fingerprint density at radius 3 is 2.85 bits per heavy atom. The van der Waals surface area contributed by atoms with Crippen molar-refractivity contribution < 1.29 is 9.59 Å². The van der Waals surface area contributed by atoms with Crippen LogP contribution in [0.2, 0.25) is 0 Å². The number of carbonyl (C=O) groups excluding carboxylic acids is 2. The summed E-state index contributed by atoms with van der Waals surface area (Å²) in [5.41, 5.74) is 2.26. The normalized spacial score (nSPS) is 22.4. The first kappa shape index (κ1) is 16.7. The standard InChI is InChI=1S/C20H22N4O2/c1-15-3-2-4-16(11-15)13-23-9-5-20(19(23)26)6-10-24(14-20)18(25)17-12-21-7-8-22-17/h2-4,7-8,11-12H,5-6,9-10,13-14H2,1H3/t20-/m1/s1. The topological polar surface area (TPSA) is 66.4 Å². The van der Waals surface area contributed by atoms with Crippen LogP contribution >= 0.6 is 0 Å². The molecule has 0 N–H and O–H groups in total. The number of amides is 2. The average Bonchev–Trinajstić information content (AvgIpc) is 3.22. The molecule has 26 heavy (non-hydrogen) atoms. The van der Waals surface area contributed by atoms with Crippen LogP contribution in [-0.2, 0) is 11.3 Å². The fourth-order valence-electron chi connectivity index (χ4n) is 4.07. The number of carbonyl (C=O) groups is 2. The van der Waals surface area contributed by atoms with Gasteiger partial charge >= 0.3 is 0 Å². The molecule has 1 aromatic heterocycles. The fourth-order valence-corrected chi connectivity index (χ4v) is 4.07. The van der Waals surface area contributed by atoms with Crippen LogP contribution in [-0.4, -0.2) is 51.2 Å². The van der Waals surface area contributed by atoms with E-state index in [1.807, 2.05) is 11.0 Å². The Hall–Kier alpha value is -2.76. The van der Waals surface area contributed by atoms with E-state index in [9.17, 15) is 9.59 Å². The van der Waals surface area contributed by atoms with Crippen molar-refractivity contribution in [3.8, 4) is 0 Å². The largest absolute Gasteiger partial charge is 0.338 e. The smallest absolute Gasteiger partial charge is 0.274 e. The van der Waals surface area contributed by atoms with Crippen LogP contribution in [0.4, 0.5) is 0 Å². The lowest BCUT2D eigenvalue weighted by Crippen LogP contribution is -2.38. The highest BCUT2D eigenvalue weighted by Crippen LogP contribution is 2.41. The summed E-state index contributed by atoms with van der Waals surface area (Å²) in [6.45, 7) is 4.52. The molecule has 0 unspecified atom stereocenters. The van der Waals surface area contributed by atoms with E-state index in [-0.39, 0.29) is 11.8 Å². The Labute approximate surface area is 152 Å². The first-order chi connectivity index (χ1) is 12.6. The lowest BCUT2D eigenvalue weighted by Gasteiger charge is -2.23. The maximum atomic E-state index is 13.1. The van der Waals surface area contributed by atoms with Gasteiger partial charge in [0.05, 0.1) is 11.6 Å². The Kier molecular flexibility index (Phi) is 4.18. The molecule has 0 bridgehead atoms. The highest BCUT2D eigenvalue weighted by molar-refractivity contribution is 5.93. The number of benzene rings is 1. The zero-order valence-electron chi connectivity index (χ0n) is 14.9. The minimum atomic E-state index is -0.429. The number of nitrogens with zero attached hydrogens (tertiary/aromatic N) is 4. The molecular weight excluding hydrogens is 328 g/mol. The molecule has 134 valence electrons. The molecule has 2 amide bonds. The SMILES string of the molecule is Cc1cccc(CN2CC[C@]3(CCN(C(=O)c4cnccn4)C3)C2=O)c1. The predicted molar refractivity (Wildman–Crippen MR) is 96.2 cm³/mol. The zero-order valence-corrected chi connectivity index (χ0v) is 14.9. The van der Waals surface area contributed by atoms with Crippen LogP contribution in [0.15, 0.2) is 42.9 Å². The summed E-state index contributed by atoms with van der Waals surface area (Å²) in [6, 6.07) is 8.27. The van der Waals surface area contributed by atoms with Crippen molar-refractivity contribution in [3.63, 3.8) is 0 Å². The number of hydrogen-bond acceptors (Lipinski definition) is 4. The van der Waals surface area contributed by atoms with Crippen molar-refractivity contribution in [1.82, 2.24) is 19.8 Å². The van der Waals surface area contributed by atoms with Gasteiger partial charge in [0, 0.05) is 38.6 Å². The van der Waals surface area contributed by atoms with Crippen LogP contribution < -0.4 is 0 Å². The highest BCUT2D eigenvalue weighted by atomic mass is 16.2. The van der Waals surface area contributed by atoms with Gasteiger partial charge in [0.1, 0.15) is 5.69 Å². The molecule has 2 aliphatic heterocycles. The van der Waals surface area contributed by atoms with Crippen molar-refractivity contribution in [3.05, 3.63) is 59.7 Å². The minimum Gasteiger partial charge on any atom is -0.338 e. The third-order valence-corrected chi connectivity index (χ3v) is 5.48. The molecule has 2 aromatic rings. The maximum absolute atomic E-state index is 13.1. The van der Waals surface area contributed by atoms with Gasteiger partial charge in [0.15, 0.2) is 0 Å². The lowest BCUT2D eigenvalue weighted by atomic mass is 9.85. The molecule has 6 heteroatoms. The van der Waals surface area contributed by atoms with Crippen LogP contribution in [0, 0.1) is 12.3 Å². The second-order valence-electron chi connectivity index (χ2n) is 7.31. The summed E-state index contributed by atoms with van der Waals surface area (Å²) in [5.74, 6) is 0.0355. The molecule has 6 nitrogen and oxygen atoms in total. The zero-order chi connectivity index (χ0) is 18.1. The number of hydrogen-bond donors (Lipinski definition) is 0. The third kappa shape index (κ3) is 2.96. The molecule has 0 saturated carbocycles. The van der Waals surface area contributed by atoms with Gasteiger partial charge < -0.3 is 9.80 Å². The van der Waals surface area contributed by atoms with Crippen molar-refractivity contribution in [2.24, 2.45) is 5.41 Å². The Bertz CT molecular complexity index is 839. The summed E-state index contributed by atoms with van der Waals surface area (Å²) in [7, 11) is 0. The van der Waals surface area contributed by atoms with Crippen molar-refractivity contribution >= 4 is 11.8 Å². The first-order valence-corrected chi connectivity index (χ1v) is 8.98. The van der Waals surface area contributed by atoms with Gasteiger partial charge in [-0.2, -0.15) is 0 Å². The lowest BCUT2D eigenvalue weighted by molar-refractivity contribution is -0.135. The van der Waals surface area contributed by atoms with Gasteiger partial charge in [-0.3, -0.25) is 14.6 Å². The third-order valence-electron chi connectivity index (χ3n) is 5.48. The molecule has 0 aliphatic carbocycles. The van der Waals surface area contributed by atoms with Crippen molar-refractivity contribution in [2.75, 3.05) is 19.6 Å². The Morgan fingerprint density at radius 2 is 2.08 bits per heavy atom. The van der Waals surface area contributed by atoms with Gasteiger partial charge in [0.25, 0.3) is 5.91 Å². The van der Waals surface area contributed by atoms with Gasteiger partial charge in [-0.25, -0.2) is 4.98 Å². The number of likely N-dealkylation sites (tertiary alicyclic amines) is 2. The van der Waals surface area contributed by atoms with Crippen molar-refractivity contribution in [1.29, 1.82) is 0 Å². The number of rotatable bonds is 3. The average molecular weight is 350 g/mol. The van der Waals surface area contributed by atoms with E-state index < -0.39 is 5.41 Å². The predicted octanol–water partition coefficient (Wildman–Crippen LogP) is 2.05. The summed E-state index contributed by atoms with van der Waals surface area (Å²) < 4.78 is 0. The van der Waals surface area contributed by atoms with Gasteiger partial charge in [-0.05, 0) is 25.3 Å².